The van der Waals surface area contributed by atoms with Crippen LogP contribution in [0.25, 0.3) is 0 Å². The minimum atomic E-state index is -0.166. The van der Waals surface area contributed by atoms with E-state index in [1.807, 2.05) is 14.0 Å². The second-order valence-corrected chi connectivity index (χ2v) is 8.79. The van der Waals surface area contributed by atoms with E-state index in [0.717, 1.165) is 69.1 Å². The molecule has 2 N–H and O–H groups in total. The number of aromatic nitrogens is 2. The first-order valence-corrected chi connectivity index (χ1v) is 10.9. The van der Waals surface area contributed by atoms with Gasteiger partial charge in [0.05, 0.1) is 5.69 Å². The van der Waals surface area contributed by atoms with Gasteiger partial charge in [-0.3, -0.25) is 19.3 Å². The van der Waals surface area contributed by atoms with E-state index in [0.29, 0.717) is 11.8 Å². The summed E-state index contributed by atoms with van der Waals surface area (Å²) in [6, 6.07) is 6.49. The normalized spacial score (nSPS) is 18.6. The first-order valence-electron chi connectivity index (χ1n) is 10.6. The summed E-state index contributed by atoms with van der Waals surface area (Å²) in [7, 11) is 1.87. The zero-order valence-electron chi connectivity index (χ0n) is 17.7. The van der Waals surface area contributed by atoms with Crippen molar-refractivity contribution in [2.75, 3.05) is 26.2 Å². The highest BCUT2D eigenvalue weighted by molar-refractivity contribution is 6.30. The molecule has 1 saturated heterocycles. The molecule has 1 amide bonds. The van der Waals surface area contributed by atoms with Crippen molar-refractivity contribution in [1.82, 2.24) is 19.6 Å². The van der Waals surface area contributed by atoms with E-state index in [-0.39, 0.29) is 11.8 Å². The molecule has 3 heterocycles. The summed E-state index contributed by atoms with van der Waals surface area (Å²) in [5.74, 6) is 0.821. The van der Waals surface area contributed by atoms with Crippen molar-refractivity contribution >= 4 is 17.5 Å². The number of likely N-dealkylation sites (tertiary alicyclic amines) is 1. The van der Waals surface area contributed by atoms with Crippen LogP contribution in [0.15, 0.2) is 18.2 Å². The predicted molar refractivity (Wildman–Crippen MR) is 116 cm³/mol. The van der Waals surface area contributed by atoms with Crippen molar-refractivity contribution in [2.45, 2.75) is 39.4 Å². The molecule has 0 bridgehead atoms. The number of amides is 1. The lowest BCUT2D eigenvalue weighted by atomic mass is 9.96. The molecule has 4 rings (SSSR count). The van der Waals surface area contributed by atoms with Crippen LogP contribution in [-0.2, 0) is 31.5 Å². The molecule has 1 aromatic heterocycles. The van der Waals surface area contributed by atoms with Gasteiger partial charge in [-0.15, -0.1) is 0 Å². The Morgan fingerprint density at radius 3 is 2.67 bits per heavy atom. The first kappa shape index (κ1) is 21.2. The molecule has 2 aliphatic rings. The van der Waals surface area contributed by atoms with Gasteiger partial charge < -0.3 is 10.5 Å². The number of piperidine rings is 1. The number of hydrogen-bond acceptors (Lipinski definition) is 5. The summed E-state index contributed by atoms with van der Waals surface area (Å²) in [5.41, 5.74) is 9.98. The van der Waals surface area contributed by atoms with Gasteiger partial charge in [0.2, 0.25) is 5.91 Å². The molecular formula is C22H30ClN5O2. The van der Waals surface area contributed by atoms with Gasteiger partial charge in [-0.25, -0.2) is 0 Å². The van der Waals surface area contributed by atoms with Gasteiger partial charge in [-0.1, -0.05) is 17.7 Å². The number of nitrogens with two attached hydrogens (primary N) is 1. The third kappa shape index (κ3) is 4.63. The molecule has 1 fully saturated rings. The van der Waals surface area contributed by atoms with Crippen LogP contribution in [0.3, 0.4) is 0 Å². The number of benzene rings is 1. The Labute approximate surface area is 182 Å². The summed E-state index contributed by atoms with van der Waals surface area (Å²) in [6.07, 6.45) is 1.70. The van der Waals surface area contributed by atoms with Crippen molar-refractivity contribution in [3.8, 4) is 5.75 Å². The summed E-state index contributed by atoms with van der Waals surface area (Å²) < 4.78 is 7.74. The zero-order valence-corrected chi connectivity index (χ0v) is 18.5. The summed E-state index contributed by atoms with van der Waals surface area (Å²) in [4.78, 5) is 16.2. The second kappa shape index (κ2) is 8.96. The third-order valence-electron chi connectivity index (χ3n) is 6.23. The molecule has 30 heavy (non-hydrogen) atoms. The number of ether oxygens (including phenoxy) is 1. The summed E-state index contributed by atoms with van der Waals surface area (Å²) >= 11 is 6.45. The van der Waals surface area contributed by atoms with Crippen LogP contribution in [0.5, 0.6) is 5.75 Å². The Morgan fingerprint density at radius 2 is 2.00 bits per heavy atom. The topological polar surface area (TPSA) is 76.6 Å². The van der Waals surface area contributed by atoms with E-state index >= 15 is 0 Å². The van der Waals surface area contributed by atoms with E-state index in [9.17, 15) is 4.79 Å². The monoisotopic (exact) mass is 431 g/mol. The van der Waals surface area contributed by atoms with Crippen molar-refractivity contribution in [3.05, 3.63) is 45.7 Å². The number of primary amides is 1. The van der Waals surface area contributed by atoms with Gasteiger partial charge in [-0.05, 0) is 50.6 Å². The van der Waals surface area contributed by atoms with Gasteiger partial charge in [0.25, 0.3) is 0 Å². The summed E-state index contributed by atoms with van der Waals surface area (Å²) in [6.45, 7) is 7.77. The Bertz CT molecular complexity index is 920. The number of hydrogen-bond donors (Lipinski definition) is 1. The second-order valence-electron chi connectivity index (χ2n) is 8.43. The van der Waals surface area contributed by atoms with E-state index < -0.39 is 0 Å². The molecule has 0 spiro atoms. The van der Waals surface area contributed by atoms with E-state index in [2.05, 4.69) is 33.1 Å². The predicted octanol–water partition coefficient (Wildman–Crippen LogP) is 2.47. The molecule has 162 valence electrons. The van der Waals surface area contributed by atoms with Crippen molar-refractivity contribution in [3.63, 3.8) is 0 Å². The lowest BCUT2D eigenvalue weighted by Crippen LogP contribution is -2.38. The van der Waals surface area contributed by atoms with Gasteiger partial charge in [0, 0.05) is 50.3 Å². The lowest BCUT2D eigenvalue weighted by Gasteiger charge is -2.30. The fraction of sp³-hybridized carbons (Fsp3) is 0.545. The van der Waals surface area contributed by atoms with Crippen LogP contribution in [-0.4, -0.2) is 51.7 Å². The molecular weight excluding hydrogens is 402 g/mol. The number of nitrogens with zero attached hydrogens (tertiary/aromatic N) is 4. The molecule has 2 aliphatic heterocycles. The zero-order chi connectivity index (χ0) is 21.3. The molecule has 8 heteroatoms. The highest BCUT2D eigenvalue weighted by atomic mass is 35.5. The number of halogens is 1. The molecule has 0 unspecified atom stereocenters. The number of carbonyl (C=O) groups is 1. The standard InChI is InChI=1S/C22H30ClN5O2/c1-15-19(21(23)26(2)25-15)14-28-9-10-30-20-4-3-16(11-18(20)13-28)12-27-7-5-17(6-8-27)22(24)29/h3-4,11,17H,5-10,12-14H2,1-2H3,(H2,24,29). The maximum Gasteiger partial charge on any atom is 0.220 e. The van der Waals surface area contributed by atoms with Gasteiger partial charge in [0.1, 0.15) is 17.5 Å². The molecule has 0 atom stereocenters. The van der Waals surface area contributed by atoms with Gasteiger partial charge >= 0.3 is 0 Å². The Hall–Kier alpha value is -2.09. The van der Waals surface area contributed by atoms with Crippen molar-refractivity contribution in [1.29, 1.82) is 0 Å². The maximum absolute atomic E-state index is 11.4. The fourth-order valence-electron chi connectivity index (χ4n) is 4.45. The Kier molecular flexibility index (Phi) is 6.32. The molecule has 1 aromatic carbocycles. The molecule has 0 saturated carbocycles. The first-order chi connectivity index (χ1) is 14.4. The fourth-order valence-corrected chi connectivity index (χ4v) is 4.68. The smallest absolute Gasteiger partial charge is 0.220 e. The quantitative estimate of drug-likeness (QED) is 0.787. The van der Waals surface area contributed by atoms with Gasteiger partial charge in [-0.2, -0.15) is 5.10 Å². The van der Waals surface area contributed by atoms with Crippen LogP contribution in [0.4, 0.5) is 0 Å². The highest BCUT2D eigenvalue weighted by Crippen LogP contribution is 2.28. The van der Waals surface area contributed by atoms with E-state index in [1.165, 1.54) is 11.1 Å². The number of carbonyl (C=O) groups excluding carboxylic acids is 1. The summed E-state index contributed by atoms with van der Waals surface area (Å²) in [5, 5.41) is 5.13. The van der Waals surface area contributed by atoms with E-state index in [4.69, 9.17) is 22.1 Å². The van der Waals surface area contributed by atoms with Gasteiger partial charge in [0.15, 0.2) is 0 Å². The number of fused-ring (bicyclic) bond motifs is 1. The average Bonchev–Trinajstić information content (AvgIpc) is 2.86. The lowest BCUT2D eigenvalue weighted by molar-refractivity contribution is -0.123. The number of rotatable bonds is 5. The molecule has 2 aromatic rings. The van der Waals surface area contributed by atoms with Crippen LogP contribution < -0.4 is 10.5 Å². The molecule has 7 nitrogen and oxygen atoms in total. The van der Waals surface area contributed by atoms with Crippen molar-refractivity contribution < 1.29 is 9.53 Å². The Morgan fingerprint density at radius 1 is 1.23 bits per heavy atom. The van der Waals surface area contributed by atoms with Crippen LogP contribution >= 0.6 is 11.6 Å². The molecule has 0 aliphatic carbocycles. The van der Waals surface area contributed by atoms with Crippen molar-refractivity contribution in [2.24, 2.45) is 18.7 Å². The Balaban J connectivity index is 1.43. The van der Waals surface area contributed by atoms with Crippen LogP contribution in [0.1, 0.15) is 35.2 Å². The maximum atomic E-state index is 11.4. The van der Waals surface area contributed by atoms with E-state index in [1.54, 1.807) is 4.68 Å². The average molecular weight is 432 g/mol. The minimum Gasteiger partial charge on any atom is -0.492 e. The minimum absolute atomic E-state index is 0.0259. The van der Waals surface area contributed by atoms with Crippen LogP contribution in [0.2, 0.25) is 5.15 Å². The molecule has 0 radical (unpaired) electrons. The SMILES string of the molecule is Cc1nn(C)c(Cl)c1CN1CCOc2ccc(CN3CCC(C(N)=O)CC3)cc2C1. The third-order valence-corrected chi connectivity index (χ3v) is 6.70. The van der Waals surface area contributed by atoms with Crippen LogP contribution in [0, 0.1) is 12.8 Å². The highest BCUT2D eigenvalue weighted by Gasteiger charge is 2.24. The largest absolute Gasteiger partial charge is 0.492 e. The number of aryl methyl sites for hydroxylation is 2.